The Morgan fingerprint density at radius 3 is 2.48 bits per heavy atom. The van der Waals surface area contributed by atoms with Crippen molar-refractivity contribution in [2.75, 3.05) is 0 Å². The summed E-state index contributed by atoms with van der Waals surface area (Å²) in [6, 6.07) is 11.4. The molecule has 0 aromatic carbocycles. The van der Waals surface area contributed by atoms with Crippen LogP contribution in [-0.4, -0.2) is 14.5 Å². The number of fused-ring (bicyclic) bond motifs is 1. The van der Waals surface area contributed by atoms with Crippen LogP contribution in [0, 0.1) is 13.8 Å². The summed E-state index contributed by atoms with van der Waals surface area (Å²) >= 11 is 0. The molecule has 5 nitrogen and oxygen atoms in total. The number of imidazole rings is 1. The van der Waals surface area contributed by atoms with Crippen LogP contribution in [0.2, 0.25) is 0 Å². The monoisotopic (exact) mass is 279 g/mol. The number of rotatable bonds is 2. The van der Waals surface area contributed by atoms with Crippen molar-refractivity contribution in [1.29, 1.82) is 0 Å². The summed E-state index contributed by atoms with van der Waals surface area (Å²) in [6.45, 7) is 3.82. The van der Waals surface area contributed by atoms with Gasteiger partial charge < -0.3 is 8.83 Å². The maximum Gasteiger partial charge on any atom is 0.207 e. The third-order valence-corrected chi connectivity index (χ3v) is 3.32. The Labute approximate surface area is 120 Å². The van der Waals surface area contributed by atoms with E-state index in [0.29, 0.717) is 17.5 Å². The molecular formula is C16H13N3O2. The molecule has 0 fully saturated rings. The first kappa shape index (κ1) is 12.0. The molecule has 0 spiro atoms. The fourth-order valence-electron chi connectivity index (χ4n) is 2.38. The highest BCUT2D eigenvalue weighted by Gasteiger charge is 2.19. The fraction of sp³-hybridized carbons (Fsp3) is 0.125. The Balaban J connectivity index is 2.06. The second-order valence-electron chi connectivity index (χ2n) is 4.91. The molecule has 0 bridgehead atoms. The molecule has 0 N–H and O–H groups in total. The maximum atomic E-state index is 5.75. The van der Waals surface area contributed by atoms with Gasteiger partial charge in [0.25, 0.3) is 0 Å². The Morgan fingerprint density at radius 1 is 0.952 bits per heavy atom. The number of aromatic nitrogens is 3. The highest BCUT2D eigenvalue weighted by Crippen LogP contribution is 2.29. The lowest BCUT2D eigenvalue weighted by atomic mass is 10.4. The average molecular weight is 279 g/mol. The predicted octanol–water partition coefficient (Wildman–Crippen LogP) is 3.89. The smallest absolute Gasteiger partial charge is 0.207 e. The SMILES string of the molecule is Cc1ccc(-c2nc3cccnc3n2-c2ccc(C)o2)o1. The minimum Gasteiger partial charge on any atom is -0.458 e. The number of hydrogen-bond donors (Lipinski definition) is 0. The van der Waals surface area contributed by atoms with Gasteiger partial charge in [-0.25, -0.2) is 14.5 Å². The van der Waals surface area contributed by atoms with Gasteiger partial charge in [-0.3, -0.25) is 0 Å². The molecule has 4 aromatic heterocycles. The predicted molar refractivity (Wildman–Crippen MR) is 78.3 cm³/mol. The number of nitrogens with zero attached hydrogens (tertiary/aromatic N) is 3. The summed E-state index contributed by atoms with van der Waals surface area (Å²) in [7, 11) is 0. The van der Waals surface area contributed by atoms with E-state index in [1.807, 2.05) is 54.8 Å². The number of hydrogen-bond acceptors (Lipinski definition) is 4. The zero-order chi connectivity index (χ0) is 14.4. The second kappa shape index (κ2) is 4.34. The van der Waals surface area contributed by atoms with Crippen LogP contribution in [0.4, 0.5) is 0 Å². The van der Waals surface area contributed by atoms with Gasteiger partial charge in [-0.2, -0.15) is 0 Å². The zero-order valence-corrected chi connectivity index (χ0v) is 11.7. The van der Waals surface area contributed by atoms with Crippen molar-refractivity contribution in [3.63, 3.8) is 0 Å². The number of aryl methyl sites for hydroxylation is 2. The molecular weight excluding hydrogens is 266 g/mol. The molecule has 4 rings (SSSR count). The number of pyridine rings is 1. The minimum atomic E-state index is 0.678. The van der Waals surface area contributed by atoms with Gasteiger partial charge in [-0.1, -0.05) is 0 Å². The summed E-state index contributed by atoms with van der Waals surface area (Å²) in [4.78, 5) is 9.05. The molecule has 0 unspecified atom stereocenters. The topological polar surface area (TPSA) is 57.0 Å². The van der Waals surface area contributed by atoms with Gasteiger partial charge in [0.15, 0.2) is 17.2 Å². The Morgan fingerprint density at radius 2 is 1.76 bits per heavy atom. The molecule has 0 amide bonds. The third-order valence-electron chi connectivity index (χ3n) is 3.32. The highest BCUT2D eigenvalue weighted by molar-refractivity contribution is 5.78. The van der Waals surface area contributed by atoms with Crippen LogP contribution in [0.15, 0.2) is 51.4 Å². The Hall–Kier alpha value is -2.82. The van der Waals surface area contributed by atoms with Crippen LogP contribution in [0.25, 0.3) is 28.6 Å². The van der Waals surface area contributed by atoms with Gasteiger partial charge in [0.05, 0.1) is 0 Å². The standard InChI is InChI=1S/C16H13N3O2/c1-10-5-7-13(20-10)16-18-12-4-3-9-17-15(12)19(16)14-8-6-11(2)21-14/h3-9H,1-2H3. The Kier molecular flexibility index (Phi) is 2.47. The summed E-state index contributed by atoms with van der Waals surface area (Å²) < 4.78 is 13.3. The molecule has 0 saturated carbocycles. The van der Waals surface area contributed by atoms with Crippen molar-refractivity contribution in [3.05, 3.63) is 54.1 Å². The number of furan rings is 2. The molecule has 0 saturated heterocycles. The summed E-state index contributed by atoms with van der Waals surface area (Å²) in [6.07, 6.45) is 1.74. The lowest BCUT2D eigenvalue weighted by Crippen LogP contribution is -1.96. The molecule has 0 atom stereocenters. The molecule has 5 heteroatoms. The molecule has 0 aliphatic rings. The molecule has 21 heavy (non-hydrogen) atoms. The quantitative estimate of drug-likeness (QED) is 0.558. The first-order chi connectivity index (χ1) is 10.2. The van der Waals surface area contributed by atoms with Crippen LogP contribution in [-0.2, 0) is 0 Å². The van der Waals surface area contributed by atoms with Crippen LogP contribution < -0.4 is 0 Å². The van der Waals surface area contributed by atoms with Crippen molar-refractivity contribution in [2.45, 2.75) is 13.8 Å². The Bertz CT molecular complexity index is 930. The normalized spacial score (nSPS) is 11.3. The van der Waals surface area contributed by atoms with E-state index in [0.717, 1.165) is 22.7 Å². The third kappa shape index (κ3) is 1.86. The lowest BCUT2D eigenvalue weighted by Gasteiger charge is -2.03. The minimum absolute atomic E-state index is 0.678. The molecule has 0 aliphatic heterocycles. The van der Waals surface area contributed by atoms with Gasteiger partial charge in [0.1, 0.15) is 17.0 Å². The average Bonchev–Trinajstić information content (AvgIpc) is 3.16. The van der Waals surface area contributed by atoms with Crippen molar-refractivity contribution in [3.8, 4) is 17.5 Å². The van der Waals surface area contributed by atoms with E-state index in [1.54, 1.807) is 6.20 Å². The van der Waals surface area contributed by atoms with Crippen LogP contribution in [0.3, 0.4) is 0 Å². The first-order valence-electron chi connectivity index (χ1n) is 6.69. The van der Waals surface area contributed by atoms with Gasteiger partial charge in [-0.05, 0) is 44.2 Å². The lowest BCUT2D eigenvalue weighted by molar-refractivity contribution is 0.507. The van der Waals surface area contributed by atoms with Gasteiger partial charge >= 0.3 is 0 Å². The second-order valence-corrected chi connectivity index (χ2v) is 4.91. The van der Waals surface area contributed by atoms with Crippen LogP contribution in [0.5, 0.6) is 0 Å². The highest BCUT2D eigenvalue weighted by atomic mass is 16.4. The van der Waals surface area contributed by atoms with Crippen molar-refractivity contribution >= 4 is 11.2 Å². The largest absolute Gasteiger partial charge is 0.458 e. The molecule has 4 heterocycles. The van der Waals surface area contributed by atoms with Gasteiger partial charge in [-0.15, -0.1) is 0 Å². The van der Waals surface area contributed by atoms with Gasteiger partial charge in [0.2, 0.25) is 5.88 Å². The fourth-order valence-corrected chi connectivity index (χ4v) is 2.38. The van der Waals surface area contributed by atoms with E-state index in [-0.39, 0.29) is 0 Å². The van der Waals surface area contributed by atoms with Gasteiger partial charge in [0, 0.05) is 12.3 Å². The van der Waals surface area contributed by atoms with Crippen LogP contribution >= 0.6 is 0 Å². The van der Waals surface area contributed by atoms with Crippen molar-refractivity contribution in [2.24, 2.45) is 0 Å². The molecule has 104 valence electrons. The summed E-state index contributed by atoms with van der Waals surface area (Å²) in [5.74, 6) is 3.74. The molecule has 4 aromatic rings. The van der Waals surface area contributed by atoms with E-state index in [2.05, 4.69) is 9.97 Å². The van der Waals surface area contributed by atoms with E-state index in [1.165, 1.54) is 0 Å². The van der Waals surface area contributed by atoms with E-state index < -0.39 is 0 Å². The van der Waals surface area contributed by atoms with Crippen molar-refractivity contribution < 1.29 is 8.83 Å². The molecule has 0 aliphatic carbocycles. The van der Waals surface area contributed by atoms with Crippen molar-refractivity contribution in [1.82, 2.24) is 14.5 Å². The summed E-state index contributed by atoms with van der Waals surface area (Å²) in [5, 5.41) is 0. The van der Waals surface area contributed by atoms with Crippen LogP contribution in [0.1, 0.15) is 11.5 Å². The summed E-state index contributed by atoms with van der Waals surface area (Å²) in [5.41, 5.74) is 1.55. The zero-order valence-electron chi connectivity index (χ0n) is 11.7. The van der Waals surface area contributed by atoms with E-state index in [9.17, 15) is 0 Å². The first-order valence-corrected chi connectivity index (χ1v) is 6.69. The van der Waals surface area contributed by atoms with E-state index in [4.69, 9.17) is 8.83 Å². The van der Waals surface area contributed by atoms with E-state index >= 15 is 0 Å². The molecule has 0 radical (unpaired) electrons. The maximum absolute atomic E-state index is 5.75.